The van der Waals surface area contributed by atoms with Gasteiger partial charge in [0, 0.05) is 6.42 Å². The highest BCUT2D eigenvalue weighted by atomic mass is 16.3. The monoisotopic (exact) mass is 232 g/mol. The van der Waals surface area contributed by atoms with Crippen LogP contribution < -0.4 is 5.32 Å². The molecule has 1 N–H and O–H groups in total. The quantitative estimate of drug-likeness (QED) is 0.862. The van der Waals surface area contributed by atoms with Crippen molar-refractivity contribution >= 4 is 17.0 Å². The number of hydrogen-bond acceptors (Lipinski definition) is 3. The number of unbranched alkanes of at least 4 members (excludes halogenated alkanes) is 1. The van der Waals surface area contributed by atoms with E-state index in [4.69, 9.17) is 4.42 Å². The van der Waals surface area contributed by atoms with Crippen molar-refractivity contribution in [3.8, 4) is 0 Å². The van der Waals surface area contributed by atoms with Crippen molar-refractivity contribution in [2.24, 2.45) is 0 Å². The molecule has 0 aliphatic heterocycles. The van der Waals surface area contributed by atoms with Gasteiger partial charge in [0.1, 0.15) is 5.52 Å². The topological polar surface area (TPSA) is 55.1 Å². The number of para-hydroxylation sites is 2. The predicted octanol–water partition coefficient (Wildman–Crippen LogP) is 2.63. The van der Waals surface area contributed by atoms with Gasteiger partial charge in [0.2, 0.25) is 11.8 Å². The first-order valence-electron chi connectivity index (χ1n) is 5.90. The first-order chi connectivity index (χ1) is 8.29. The van der Waals surface area contributed by atoms with Crippen LogP contribution in [0.2, 0.25) is 0 Å². The molecular weight excluding hydrogens is 216 g/mol. The van der Waals surface area contributed by atoms with Gasteiger partial charge in [-0.2, -0.15) is 0 Å². The second-order valence-corrected chi connectivity index (χ2v) is 3.96. The minimum atomic E-state index is 0.0501. The Labute approximate surface area is 100 Å². The normalized spacial score (nSPS) is 10.6. The second kappa shape index (κ2) is 5.48. The molecule has 1 aromatic carbocycles. The van der Waals surface area contributed by atoms with Crippen LogP contribution in [0.1, 0.15) is 32.1 Å². The van der Waals surface area contributed by atoms with E-state index in [1.807, 2.05) is 24.3 Å². The molecule has 0 saturated carbocycles. The molecule has 2 rings (SSSR count). The van der Waals surface area contributed by atoms with Crippen LogP contribution in [0, 0.1) is 0 Å². The number of rotatable bonds is 5. The Bertz CT molecular complexity index is 472. The number of amides is 1. The number of nitrogens with zero attached hydrogens (tertiary/aromatic N) is 1. The lowest BCUT2D eigenvalue weighted by Gasteiger charge is -2.00. The molecule has 4 nitrogen and oxygen atoms in total. The summed E-state index contributed by atoms with van der Waals surface area (Å²) in [6.07, 6.45) is 2.51. The van der Waals surface area contributed by atoms with Crippen LogP contribution in [0.3, 0.4) is 0 Å². The first kappa shape index (κ1) is 11.6. The smallest absolute Gasteiger partial charge is 0.220 e. The van der Waals surface area contributed by atoms with Gasteiger partial charge in [-0.25, -0.2) is 4.98 Å². The van der Waals surface area contributed by atoms with Gasteiger partial charge in [-0.15, -0.1) is 0 Å². The molecule has 1 amide bonds. The lowest BCUT2D eigenvalue weighted by atomic mass is 10.2. The summed E-state index contributed by atoms with van der Waals surface area (Å²) < 4.78 is 5.50. The largest absolute Gasteiger partial charge is 0.439 e. The standard InChI is InChI=1S/C13H16N2O2/c1-2-3-8-12(16)14-9-13-15-10-6-4-5-7-11(10)17-13/h4-7H,2-3,8-9H2,1H3,(H,14,16). The summed E-state index contributed by atoms with van der Waals surface area (Å²) in [5.41, 5.74) is 1.58. The van der Waals surface area contributed by atoms with E-state index < -0.39 is 0 Å². The van der Waals surface area contributed by atoms with Crippen molar-refractivity contribution in [3.63, 3.8) is 0 Å². The summed E-state index contributed by atoms with van der Waals surface area (Å²) >= 11 is 0. The number of benzene rings is 1. The van der Waals surface area contributed by atoms with Crippen molar-refractivity contribution in [1.82, 2.24) is 10.3 Å². The Hall–Kier alpha value is -1.84. The van der Waals surface area contributed by atoms with Gasteiger partial charge in [-0.1, -0.05) is 25.5 Å². The zero-order valence-corrected chi connectivity index (χ0v) is 9.90. The molecule has 0 unspecified atom stereocenters. The molecule has 2 aromatic rings. The van der Waals surface area contributed by atoms with Crippen LogP contribution in [0.4, 0.5) is 0 Å². The van der Waals surface area contributed by atoms with E-state index >= 15 is 0 Å². The number of oxazole rings is 1. The summed E-state index contributed by atoms with van der Waals surface area (Å²) in [6, 6.07) is 7.57. The average Bonchev–Trinajstić information content (AvgIpc) is 2.76. The molecule has 1 heterocycles. The highest BCUT2D eigenvalue weighted by Gasteiger charge is 2.06. The fourth-order valence-electron chi connectivity index (χ4n) is 1.60. The summed E-state index contributed by atoms with van der Waals surface area (Å²) in [4.78, 5) is 15.7. The molecular formula is C13H16N2O2. The minimum Gasteiger partial charge on any atom is -0.439 e. The van der Waals surface area contributed by atoms with Crippen LogP contribution in [0.15, 0.2) is 28.7 Å². The van der Waals surface area contributed by atoms with Crippen molar-refractivity contribution < 1.29 is 9.21 Å². The molecule has 0 radical (unpaired) electrons. The van der Waals surface area contributed by atoms with Crippen LogP contribution >= 0.6 is 0 Å². The number of nitrogens with one attached hydrogen (secondary N) is 1. The third-order valence-electron chi connectivity index (χ3n) is 2.53. The Kier molecular flexibility index (Phi) is 3.75. The van der Waals surface area contributed by atoms with E-state index in [1.165, 1.54) is 0 Å². The first-order valence-corrected chi connectivity index (χ1v) is 5.90. The van der Waals surface area contributed by atoms with Crippen LogP contribution in [0.25, 0.3) is 11.1 Å². The maximum absolute atomic E-state index is 11.4. The summed E-state index contributed by atoms with van der Waals surface area (Å²) in [6.45, 7) is 2.42. The zero-order chi connectivity index (χ0) is 12.1. The predicted molar refractivity (Wildman–Crippen MR) is 65.4 cm³/mol. The molecule has 17 heavy (non-hydrogen) atoms. The molecule has 0 fully saturated rings. The number of hydrogen-bond donors (Lipinski definition) is 1. The van der Waals surface area contributed by atoms with Crippen molar-refractivity contribution in [3.05, 3.63) is 30.2 Å². The van der Waals surface area contributed by atoms with E-state index in [-0.39, 0.29) is 5.91 Å². The van der Waals surface area contributed by atoms with Gasteiger partial charge >= 0.3 is 0 Å². The van der Waals surface area contributed by atoms with Crippen molar-refractivity contribution in [2.45, 2.75) is 32.7 Å². The molecule has 0 atom stereocenters. The third kappa shape index (κ3) is 3.06. The maximum atomic E-state index is 11.4. The zero-order valence-electron chi connectivity index (χ0n) is 9.90. The molecule has 0 aliphatic rings. The molecule has 0 spiro atoms. The summed E-state index contributed by atoms with van der Waals surface area (Å²) in [5, 5.41) is 2.80. The fourth-order valence-corrected chi connectivity index (χ4v) is 1.60. The third-order valence-corrected chi connectivity index (χ3v) is 2.53. The van der Waals surface area contributed by atoms with E-state index in [2.05, 4.69) is 17.2 Å². The van der Waals surface area contributed by atoms with Gasteiger partial charge in [0.05, 0.1) is 6.54 Å². The maximum Gasteiger partial charge on any atom is 0.220 e. The number of fused-ring (bicyclic) bond motifs is 1. The summed E-state index contributed by atoms with van der Waals surface area (Å²) in [7, 11) is 0. The molecule has 1 aromatic heterocycles. The Balaban J connectivity index is 1.92. The second-order valence-electron chi connectivity index (χ2n) is 3.96. The van der Waals surface area contributed by atoms with Crippen LogP contribution in [-0.4, -0.2) is 10.9 Å². The molecule has 0 bridgehead atoms. The summed E-state index contributed by atoms with van der Waals surface area (Å²) in [5.74, 6) is 0.602. The van der Waals surface area contributed by atoms with E-state index in [9.17, 15) is 4.79 Å². The lowest BCUT2D eigenvalue weighted by molar-refractivity contribution is -0.121. The fraction of sp³-hybridized carbons (Fsp3) is 0.385. The van der Waals surface area contributed by atoms with Gasteiger partial charge in [-0.3, -0.25) is 4.79 Å². The van der Waals surface area contributed by atoms with E-state index in [1.54, 1.807) is 0 Å². The van der Waals surface area contributed by atoms with E-state index in [0.717, 1.165) is 23.9 Å². The SMILES string of the molecule is CCCCC(=O)NCc1nc2ccccc2o1. The Morgan fingerprint density at radius 1 is 1.41 bits per heavy atom. The highest BCUT2D eigenvalue weighted by Crippen LogP contribution is 2.14. The van der Waals surface area contributed by atoms with Crippen molar-refractivity contribution in [1.29, 1.82) is 0 Å². The van der Waals surface area contributed by atoms with Crippen LogP contribution in [0.5, 0.6) is 0 Å². The molecule has 90 valence electrons. The Morgan fingerprint density at radius 3 is 3.00 bits per heavy atom. The highest BCUT2D eigenvalue weighted by molar-refractivity contribution is 5.76. The molecule has 0 saturated heterocycles. The Morgan fingerprint density at radius 2 is 2.24 bits per heavy atom. The average molecular weight is 232 g/mol. The number of aromatic nitrogens is 1. The van der Waals surface area contributed by atoms with Crippen LogP contribution in [-0.2, 0) is 11.3 Å². The van der Waals surface area contributed by atoms with E-state index in [0.29, 0.717) is 18.9 Å². The number of carbonyl (C=O) groups excluding carboxylic acids is 1. The van der Waals surface area contributed by atoms with Crippen molar-refractivity contribution in [2.75, 3.05) is 0 Å². The minimum absolute atomic E-state index is 0.0501. The lowest BCUT2D eigenvalue weighted by Crippen LogP contribution is -2.22. The van der Waals surface area contributed by atoms with Gasteiger partial charge in [0.15, 0.2) is 5.58 Å². The van der Waals surface area contributed by atoms with Gasteiger partial charge in [-0.05, 0) is 18.6 Å². The van der Waals surface area contributed by atoms with Gasteiger partial charge in [0.25, 0.3) is 0 Å². The van der Waals surface area contributed by atoms with Gasteiger partial charge < -0.3 is 9.73 Å². The molecule has 0 aliphatic carbocycles. The number of carbonyl (C=O) groups is 1. The molecule has 4 heteroatoms.